The summed E-state index contributed by atoms with van der Waals surface area (Å²) in [6.07, 6.45) is 0.837. The Labute approximate surface area is 109 Å². The second-order valence-corrected chi connectivity index (χ2v) is 6.56. The molecule has 4 nitrogen and oxygen atoms in total. The van der Waals surface area contributed by atoms with Crippen molar-refractivity contribution in [1.82, 2.24) is 0 Å². The lowest BCUT2D eigenvalue weighted by Crippen LogP contribution is -2.15. The van der Waals surface area contributed by atoms with Gasteiger partial charge >= 0.3 is 5.76 Å². The third-order valence-electron chi connectivity index (χ3n) is 3.13. The molecule has 0 spiro atoms. The van der Waals surface area contributed by atoms with Gasteiger partial charge in [-0.25, -0.2) is 8.42 Å². The zero-order valence-corrected chi connectivity index (χ0v) is 11.0. The van der Waals surface area contributed by atoms with Gasteiger partial charge in [0.2, 0.25) is 15.7 Å². The molecular weight excluding hydrogens is 276 g/mol. The summed E-state index contributed by atoms with van der Waals surface area (Å²) in [6.45, 7) is 1.96. The van der Waals surface area contributed by atoms with E-state index in [9.17, 15) is 22.0 Å². The lowest BCUT2D eigenvalue weighted by atomic mass is 10.3. The Morgan fingerprint density at radius 3 is 2.26 bits per heavy atom. The number of carbonyl (C=O) groups is 1. The van der Waals surface area contributed by atoms with E-state index in [1.54, 1.807) is 0 Å². The second kappa shape index (κ2) is 4.88. The first kappa shape index (κ1) is 13.9. The number of hydrogen-bond donors (Lipinski definition) is 1. The van der Waals surface area contributed by atoms with Gasteiger partial charge in [0.25, 0.3) is 0 Å². The minimum atomic E-state index is -4.58. The summed E-state index contributed by atoms with van der Waals surface area (Å²) in [5.74, 6) is -3.22. The van der Waals surface area contributed by atoms with Gasteiger partial charge in [-0.2, -0.15) is 8.78 Å². The fraction of sp³-hybridized carbons (Fsp3) is 0.417. The van der Waals surface area contributed by atoms with Gasteiger partial charge in [0.15, 0.2) is 0 Å². The molecule has 1 saturated carbocycles. The summed E-state index contributed by atoms with van der Waals surface area (Å²) in [7, 11) is -4.58. The molecule has 0 heterocycles. The Morgan fingerprint density at radius 1 is 1.32 bits per heavy atom. The summed E-state index contributed by atoms with van der Waals surface area (Å²) < 4.78 is 47.0. The molecule has 1 aliphatic rings. The van der Waals surface area contributed by atoms with Crippen molar-refractivity contribution >= 4 is 21.4 Å². The third-order valence-corrected chi connectivity index (χ3v) is 4.53. The molecule has 1 amide bonds. The van der Waals surface area contributed by atoms with Gasteiger partial charge in [-0.3, -0.25) is 4.79 Å². The van der Waals surface area contributed by atoms with E-state index in [-0.39, 0.29) is 11.8 Å². The van der Waals surface area contributed by atoms with Gasteiger partial charge in [-0.05, 0) is 36.6 Å². The van der Waals surface area contributed by atoms with Crippen molar-refractivity contribution in [2.45, 2.75) is 24.0 Å². The van der Waals surface area contributed by atoms with Gasteiger partial charge in [0, 0.05) is 11.6 Å². The first-order chi connectivity index (χ1) is 8.82. The van der Waals surface area contributed by atoms with E-state index >= 15 is 0 Å². The van der Waals surface area contributed by atoms with Gasteiger partial charge in [-0.1, -0.05) is 6.92 Å². The molecule has 0 aromatic heterocycles. The zero-order chi connectivity index (χ0) is 14.2. The van der Waals surface area contributed by atoms with Crippen LogP contribution >= 0.6 is 0 Å². The normalized spacial score (nSPS) is 22.3. The lowest BCUT2D eigenvalue weighted by molar-refractivity contribution is -0.117. The van der Waals surface area contributed by atoms with Crippen LogP contribution < -0.4 is 5.32 Å². The van der Waals surface area contributed by atoms with Crippen LogP contribution in [0, 0.1) is 11.8 Å². The van der Waals surface area contributed by atoms with E-state index in [0.717, 1.165) is 18.6 Å². The van der Waals surface area contributed by atoms with Crippen molar-refractivity contribution in [3.8, 4) is 0 Å². The highest BCUT2D eigenvalue weighted by Gasteiger charge is 2.39. The highest BCUT2D eigenvalue weighted by Crippen LogP contribution is 2.38. The molecule has 0 bridgehead atoms. The zero-order valence-electron chi connectivity index (χ0n) is 10.1. The average Bonchev–Trinajstić information content (AvgIpc) is 3.07. The Kier molecular flexibility index (Phi) is 3.58. The van der Waals surface area contributed by atoms with E-state index < -0.39 is 20.5 Å². The number of carbonyl (C=O) groups excluding carboxylic acids is 1. The third kappa shape index (κ3) is 2.91. The van der Waals surface area contributed by atoms with Crippen molar-refractivity contribution < 1.29 is 22.0 Å². The number of amides is 1. The maximum atomic E-state index is 12.3. The molecule has 1 aliphatic carbocycles. The molecule has 1 N–H and O–H groups in total. The number of anilines is 1. The Balaban J connectivity index is 2.09. The monoisotopic (exact) mass is 289 g/mol. The maximum absolute atomic E-state index is 12.3. The molecule has 0 aliphatic heterocycles. The summed E-state index contributed by atoms with van der Waals surface area (Å²) in [6, 6.07) is 4.74. The number of halogens is 2. The van der Waals surface area contributed by atoms with Crippen LogP contribution in [0.3, 0.4) is 0 Å². The van der Waals surface area contributed by atoms with Crippen LogP contribution in [0.2, 0.25) is 0 Å². The first-order valence-corrected chi connectivity index (χ1v) is 7.30. The van der Waals surface area contributed by atoms with E-state index in [1.807, 2.05) is 6.92 Å². The van der Waals surface area contributed by atoms with Gasteiger partial charge in [0.1, 0.15) is 0 Å². The molecule has 2 rings (SSSR count). The van der Waals surface area contributed by atoms with Crippen LogP contribution in [0.25, 0.3) is 0 Å². The quantitative estimate of drug-likeness (QED) is 0.925. The number of nitrogens with one attached hydrogen (secondary N) is 1. The van der Waals surface area contributed by atoms with Crippen LogP contribution in [-0.4, -0.2) is 20.1 Å². The smallest absolute Gasteiger partial charge is 0.326 e. The fourth-order valence-corrected chi connectivity index (χ4v) is 2.47. The number of rotatable bonds is 4. The molecule has 1 fully saturated rings. The predicted molar refractivity (Wildman–Crippen MR) is 65.5 cm³/mol. The van der Waals surface area contributed by atoms with Gasteiger partial charge in [-0.15, -0.1) is 0 Å². The topological polar surface area (TPSA) is 63.2 Å². The minimum Gasteiger partial charge on any atom is -0.326 e. The Hall–Kier alpha value is -1.50. The van der Waals surface area contributed by atoms with Crippen LogP contribution in [0.5, 0.6) is 0 Å². The SMILES string of the molecule is CC1CC1C(=O)Nc1ccc(S(=O)(=O)C(F)F)cc1. The Morgan fingerprint density at radius 2 is 1.84 bits per heavy atom. The molecule has 104 valence electrons. The van der Waals surface area contributed by atoms with Crippen LogP contribution in [0.15, 0.2) is 29.2 Å². The number of hydrogen-bond acceptors (Lipinski definition) is 3. The van der Waals surface area contributed by atoms with Crippen molar-refractivity contribution in [3.05, 3.63) is 24.3 Å². The molecule has 2 atom stereocenters. The Bertz CT molecular complexity index is 583. The number of benzene rings is 1. The molecule has 2 unspecified atom stereocenters. The second-order valence-electron chi connectivity index (χ2n) is 4.64. The summed E-state index contributed by atoms with van der Waals surface area (Å²) >= 11 is 0. The largest absolute Gasteiger partial charge is 0.341 e. The molecule has 1 aromatic carbocycles. The summed E-state index contributed by atoms with van der Waals surface area (Å²) in [4.78, 5) is 11.2. The fourth-order valence-electron chi connectivity index (χ4n) is 1.75. The molecule has 1 aromatic rings. The van der Waals surface area contributed by atoms with Crippen molar-refractivity contribution in [3.63, 3.8) is 0 Å². The lowest BCUT2D eigenvalue weighted by Gasteiger charge is -2.06. The maximum Gasteiger partial charge on any atom is 0.341 e. The van der Waals surface area contributed by atoms with E-state index in [1.165, 1.54) is 12.1 Å². The van der Waals surface area contributed by atoms with Crippen molar-refractivity contribution in [1.29, 1.82) is 0 Å². The predicted octanol–water partition coefficient (Wildman–Crippen LogP) is 2.28. The van der Waals surface area contributed by atoms with Gasteiger partial charge in [0.05, 0.1) is 4.90 Å². The average molecular weight is 289 g/mol. The van der Waals surface area contributed by atoms with E-state index in [4.69, 9.17) is 0 Å². The highest BCUT2D eigenvalue weighted by atomic mass is 32.2. The molecule has 7 heteroatoms. The van der Waals surface area contributed by atoms with Crippen molar-refractivity contribution in [2.75, 3.05) is 5.32 Å². The van der Waals surface area contributed by atoms with Crippen LogP contribution in [0.1, 0.15) is 13.3 Å². The van der Waals surface area contributed by atoms with Crippen LogP contribution in [0.4, 0.5) is 14.5 Å². The highest BCUT2D eigenvalue weighted by molar-refractivity contribution is 7.91. The minimum absolute atomic E-state index is 0.00975. The standard InChI is InChI=1S/C12H13F2NO3S/c1-7-6-10(7)11(16)15-8-2-4-9(5-3-8)19(17,18)12(13)14/h2-5,7,10,12H,6H2,1H3,(H,15,16). The van der Waals surface area contributed by atoms with Crippen molar-refractivity contribution in [2.24, 2.45) is 11.8 Å². The van der Waals surface area contributed by atoms with E-state index in [2.05, 4.69) is 5.32 Å². The molecule has 0 saturated heterocycles. The molecular formula is C12H13F2NO3S. The summed E-state index contributed by atoms with van der Waals surface area (Å²) in [5.41, 5.74) is 0.400. The molecule has 19 heavy (non-hydrogen) atoms. The molecule has 0 radical (unpaired) electrons. The first-order valence-electron chi connectivity index (χ1n) is 5.75. The van der Waals surface area contributed by atoms with E-state index in [0.29, 0.717) is 11.6 Å². The van der Waals surface area contributed by atoms with Gasteiger partial charge < -0.3 is 5.32 Å². The number of alkyl halides is 2. The number of sulfone groups is 1. The van der Waals surface area contributed by atoms with Crippen LogP contribution in [-0.2, 0) is 14.6 Å². The summed E-state index contributed by atoms with van der Waals surface area (Å²) in [5, 5.41) is 2.62.